The number of anilines is 1. The molecule has 3 nitrogen and oxygen atoms in total. The molecule has 1 atom stereocenters. The number of aromatic nitrogens is 2. The maximum absolute atomic E-state index is 6.27. The fourth-order valence-electron chi connectivity index (χ4n) is 5.93. The summed E-state index contributed by atoms with van der Waals surface area (Å²) in [6.45, 7) is 4.38. The number of nitrogens with two attached hydrogens (primary N) is 1. The molecule has 4 fully saturated rings. The fourth-order valence-corrected chi connectivity index (χ4v) is 5.93. The number of aryl methyl sites for hydroxylation is 1. The Morgan fingerprint density at radius 3 is 2.25 bits per heavy atom. The first-order valence-corrected chi connectivity index (χ1v) is 8.47. The molecule has 1 aromatic heterocycles. The fraction of sp³-hybridized carbons (Fsp3) is 0.824. The lowest BCUT2D eigenvalue weighted by molar-refractivity contribution is -0.0605. The Bertz CT molecular complexity index is 476. The van der Waals surface area contributed by atoms with Crippen molar-refractivity contribution < 1.29 is 0 Å². The normalized spacial score (nSPS) is 40.2. The molecule has 1 aromatic rings. The smallest absolute Gasteiger partial charge is 0.124 e. The number of hydrogen-bond donors (Lipinski definition) is 1. The summed E-state index contributed by atoms with van der Waals surface area (Å²) in [5, 5.41) is 4.61. The maximum Gasteiger partial charge on any atom is 0.124 e. The van der Waals surface area contributed by atoms with Crippen LogP contribution >= 0.6 is 0 Å². The van der Waals surface area contributed by atoms with E-state index in [9.17, 15) is 0 Å². The summed E-state index contributed by atoms with van der Waals surface area (Å²) in [4.78, 5) is 0. The van der Waals surface area contributed by atoms with E-state index < -0.39 is 0 Å². The minimum atomic E-state index is 0.527. The Labute approximate surface area is 121 Å². The van der Waals surface area contributed by atoms with E-state index in [1.807, 2.05) is 6.20 Å². The topological polar surface area (TPSA) is 43.8 Å². The highest BCUT2D eigenvalue weighted by molar-refractivity contribution is 5.37. The van der Waals surface area contributed by atoms with Gasteiger partial charge in [-0.1, -0.05) is 6.92 Å². The molecule has 0 radical (unpaired) electrons. The molecule has 3 heteroatoms. The zero-order valence-electron chi connectivity index (χ0n) is 12.8. The zero-order chi connectivity index (χ0) is 13.9. The highest BCUT2D eigenvalue weighted by atomic mass is 15.3. The van der Waals surface area contributed by atoms with Crippen LogP contribution in [0.3, 0.4) is 0 Å². The first kappa shape index (κ1) is 12.7. The van der Waals surface area contributed by atoms with Crippen LogP contribution in [0, 0.1) is 36.5 Å². The maximum atomic E-state index is 6.27. The van der Waals surface area contributed by atoms with Crippen LogP contribution in [0.2, 0.25) is 0 Å². The number of hydrogen-bond acceptors (Lipinski definition) is 2. The second-order valence-electron chi connectivity index (χ2n) is 7.64. The quantitative estimate of drug-likeness (QED) is 0.910. The molecule has 0 aromatic carbocycles. The first-order chi connectivity index (χ1) is 9.67. The molecule has 1 heterocycles. The molecule has 4 aliphatic rings. The molecule has 2 N–H and O–H groups in total. The van der Waals surface area contributed by atoms with Crippen LogP contribution in [0.15, 0.2) is 6.20 Å². The molecule has 20 heavy (non-hydrogen) atoms. The lowest BCUT2D eigenvalue weighted by Gasteiger charge is -2.56. The third-order valence-electron chi connectivity index (χ3n) is 6.50. The Balaban J connectivity index is 1.66. The van der Waals surface area contributed by atoms with E-state index >= 15 is 0 Å². The molecule has 110 valence electrons. The van der Waals surface area contributed by atoms with Crippen LogP contribution in [-0.4, -0.2) is 9.78 Å². The van der Waals surface area contributed by atoms with Gasteiger partial charge in [-0.15, -0.1) is 0 Å². The van der Waals surface area contributed by atoms with Gasteiger partial charge >= 0.3 is 0 Å². The average molecular weight is 273 g/mol. The van der Waals surface area contributed by atoms with Gasteiger partial charge in [0.05, 0.1) is 12.2 Å². The van der Waals surface area contributed by atoms with Crippen molar-refractivity contribution in [1.82, 2.24) is 9.78 Å². The van der Waals surface area contributed by atoms with Gasteiger partial charge in [0.25, 0.3) is 0 Å². The minimum absolute atomic E-state index is 0.527. The Hall–Kier alpha value is -0.990. The highest BCUT2D eigenvalue weighted by Gasteiger charge is 2.50. The average Bonchev–Trinajstić information content (AvgIpc) is 2.74. The van der Waals surface area contributed by atoms with Gasteiger partial charge in [0.15, 0.2) is 0 Å². The first-order valence-electron chi connectivity index (χ1n) is 8.47. The van der Waals surface area contributed by atoms with E-state index in [1.165, 1.54) is 38.5 Å². The van der Waals surface area contributed by atoms with Crippen LogP contribution in [0.1, 0.15) is 57.1 Å². The van der Waals surface area contributed by atoms with Crippen LogP contribution in [0.4, 0.5) is 5.82 Å². The Morgan fingerprint density at radius 1 is 1.20 bits per heavy atom. The second-order valence-corrected chi connectivity index (χ2v) is 7.64. The third kappa shape index (κ3) is 1.74. The molecule has 0 aliphatic heterocycles. The molecule has 0 saturated heterocycles. The van der Waals surface area contributed by atoms with Crippen molar-refractivity contribution in [1.29, 1.82) is 0 Å². The van der Waals surface area contributed by atoms with Gasteiger partial charge in [-0.25, -0.2) is 4.68 Å². The summed E-state index contributed by atoms with van der Waals surface area (Å²) >= 11 is 0. The summed E-state index contributed by atoms with van der Waals surface area (Å²) in [6.07, 6.45) is 10.6. The standard InChI is InChI=1S/C17H27N3/c1-3-15(20-17(18)10(2)9-19-20)16-13-5-11-4-12(7-13)8-14(16)6-11/h9,11-16H,3-8,18H2,1-2H3. The lowest BCUT2D eigenvalue weighted by Crippen LogP contribution is -2.48. The van der Waals surface area contributed by atoms with Crippen molar-refractivity contribution in [3.63, 3.8) is 0 Å². The summed E-state index contributed by atoms with van der Waals surface area (Å²) in [6, 6.07) is 0.527. The predicted octanol–water partition coefficient (Wildman–Crippen LogP) is 3.80. The van der Waals surface area contributed by atoms with Crippen molar-refractivity contribution in [2.24, 2.45) is 29.6 Å². The van der Waals surface area contributed by atoms with Crippen molar-refractivity contribution in [3.8, 4) is 0 Å². The third-order valence-corrected chi connectivity index (χ3v) is 6.50. The van der Waals surface area contributed by atoms with Crippen LogP contribution < -0.4 is 5.73 Å². The molecule has 4 bridgehead atoms. The van der Waals surface area contributed by atoms with E-state index in [0.717, 1.165) is 41.0 Å². The number of rotatable bonds is 3. The van der Waals surface area contributed by atoms with Gasteiger partial charge in [-0.3, -0.25) is 0 Å². The Kier molecular flexibility index (Phi) is 2.87. The summed E-state index contributed by atoms with van der Waals surface area (Å²) in [5.41, 5.74) is 7.40. The van der Waals surface area contributed by atoms with Crippen LogP contribution in [-0.2, 0) is 0 Å². The monoisotopic (exact) mass is 273 g/mol. The molecule has 5 rings (SSSR count). The van der Waals surface area contributed by atoms with Crippen molar-refractivity contribution >= 4 is 5.82 Å². The second kappa shape index (κ2) is 4.51. The van der Waals surface area contributed by atoms with E-state index in [0.29, 0.717) is 6.04 Å². The van der Waals surface area contributed by atoms with Gasteiger partial charge in [0.2, 0.25) is 0 Å². The van der Waals surface area contributed by atoms with E-state index in [2.05, 4.69) is 23.6 Å². The lowest BCUT2D eigenvalue weighted by atomic mass is 9.50. The molecule has 4 saturated carbocycles. The molecular formula is C17H27N3. The van der Waals surface area contributed by atoms with Gasteiger partial charge in [-0.2, -0.15) is 5.10 Å². The van der Waals surface area contributed by atoms with Crippen LogP contribution in [0.5, 0.6) is 0 Å². The molecule has 0 spiro atoms. The van der Waals surface area contributed by atoms with Crippen LogP contribution in [0.25, 0.3) is 0 Å². The van der Waals surface area contributed by atoms with E-state index in [-0.39, 0.29) is 0 Å². The molecule has 1 unspecified atom stereocenters. The largest absolute Gasteiger partial charge is 0.384 e. The summed E-state index contributed by atoms with van der Waals surface area (Å²) in [7, 11) is 0. The molecule has 0 amide bonds. The van der Waals surface area contributed by atoms with Crippen molar-refractivity contribution in [2.45, 2.75) is 58.4 Å². The van der Waals surface area contributed by atoms with Gasteiger partial charge in [0.1, 0.15) is 5.82 Å². The van der Waals surface area contributed by atoms with Gasteiger partial charge in [0, 0.05) is 5.56 Å². The van der Waals surface area contributed by atoms with Crippen molar-refractivity contribution in [2.75, 3.05) is 5.73 Å². The highest BCUT2D eigenvalue weighted by Crippen LogP contribution is 2.59. The van der Waals surface area contributed by atoms with Crippen molar-refractivity contribution in [3.05, 3.63) is 11.8 Å². The molecular weight excluding hydrogens is 246 g/mol. The number of nitrogen functional groups attached to an aromatic ring is 1. The zero-order valence-corrected chi connectivity index (χ0v) is 12.8. The van der Waals surface area contributed by atoms with E-state index in [1.54, 1.807) is 0 Å². The van der Waals surface area contributed by atoms with Gasteiger partial charge < -0.3 is 5.73 Å². The summed E-state index contributed by atoms with van der Waals surface area (Å²) in [5.74, 6) is 5.70. The number of nitrogens with zero attached hydrogens (tertiary/aromatic N) is 2. The SMILES string of the molecule is CCC(C1C2CC3CC(C2)CC1C3)n1ncc(C)c1N. The van der Waals surface area contributed by atoms with Gasteiger partial charge in [-0.05, 0) is 75.0 Å². The summed E-state index contributed by atoms with van der Waals surface area (Å²) < 4.78 is 2.16. The minimum Gasteiger partial charge on any atom is -0.384 e. The Morgan fingerprint density at radius 2 is 1.80 bits per heavy atom. The van der Waals surface area contributed by atoms with E-state index in [4.69, 9.17) is 5.73 Å². The molecule has 4 aliphatic carbocycles. The predicted molar refractivity (Wildman–Crippen MR) is 81.2 cm³/mol.